The minimum Gasteiger partial charge on any atom is -0.461 e. The molecule has 4 heteroatoms. The molecule has 0 saturated heterocycles. The van der Waals surface area contributed by atoms with Gasteiger partial charge in [-0.3, -0.25) is 0 Å². The van der Waals surface area contributed by atoms with Gasteiger partial charge in [-0.2, -0.15) is 0 Å². The molecular formula is C44H40IrN2O-2. The molecule has 48 heavy (non-hydrogen) atoms. The Bertz CT molecular complexity index is 2110. The van der Waals surface area contributed by atoms with Crippen LogP contribution in [0.5, 0.6) is 0 Å². The summed E-state index contributed by atoms with van der Waals surface area (Å²) in [5, 5.41) is 1.18. The molecule has 243 valence electrons. The molecule has 7 rings (SSSR count). The standard InChI is InChI=1S/C32H30NO.C12H10N.Ir/c1-21-15-16-33-29(17-21)25-11-13-26(23-9-7-6-8-10-23)28(19-25)24-12-14-30-27(18-24)22(2)31(34-30)20-32(3,4)5;1-10-7-8-12(13-9-10)11-5-3-2-4-6-11;/h6-10,12-19H,20H2,1-5H3;2-5,7-9H,1H3;/q2*-1;. The smallest absolute Gasteiger partial charge is 0.134 e. The molecule has 0 saturated carbocycles. The van der Waals surface area contributed by atoms with Gasteiger partial charge in [0.25, 0.3) is 0 Å². The van der Waals surface area contributed by atoms with Gasteiger partial charge in [-0.1, -0.05) is 97.6 Å². The average molecular weight is 805 g/mol. The number of aromatic nitrogens is 2. The van der Waals surface area contributed by atoms with Gasteiger partial charge < -0.3 is 14.4 Å². The van der Waals surface area contributed by atoms with E-state index in [2.05, 4.69) is 130 Å². The van der Waals surface area contributed by atoms with E-state index in [0.717, 1.165) is 45.8 Å². The fourth-order valence-electron chi connectivity index (χ4n) is 5.69. The van der Waals surface area contributed by atoms with Crippen LogP contribution in [0, 0.1) is 38.3 Å². The summed E-state index contributed by atoms with van der Waals surface area (Å²) in [5.41, 5.74) is 13.4. The first-order valence-electron chi connectivity index (χ1n) is 16.1. The second-order valence-corrected chi connectivity index (χ2v) is 13.4. The van der Waals surface area contributed by atoms with Crippen molar-refractivity contribution in [3.8, 4) is 44.8 Å². The second kappa shape index (κ2) is 15.1. The van der Waals surface area contributed by atoms with Gasteiger partial charge in [0, 0.05) is 44.3 Å². The molecule has 1 radical (unpaired) electrons. The molecule has 0 atom stereocenters. The molecule has 0 spiro atoms. The van der Waals surface area contributed by atoms with E-state index in [4.69, 9.17) is 4.42 Å². The van der Waals surface area contributed by atoms with Crippen LogP contribution >= 0.6 is 0 Å². The summed E-state index contributed by atoms with van der Waals surface area (Å²) < 4.78 is 6.27. The molecule has 3 heterocycles. The Morgan fingerprint density at radius 3 is 2.15 bits per heavy atom. The minimum atomic E-state index is 0. The predicted octanol–water partition coefficient (Wildman–Crippen LogP) is 11.7. The van der Waals surface area contributed by atoms with Crippen LogP contribution in [-0.4, -0.2) is 9.97 Å². The van der Waals surface area contributed by atoms with Crippen LogP contribution in [-0.2, 0) is 26.5 Å². The Hall–Kier alpha value is -4.63. The molecule has 3 nitrogen and oxygen atoms in total. The third-order valence-corrected chi connectivity index (χ3v) is 8.16. The Kier molecular flexibility index (Phi) is 10.9. The first-order chi connectivity index (χ1) is 22.6. The maximum absolute atomic E-state index is 6.27. The molecule has 0 unspecified atom stereocenters. The number of nitrogens with zero attached hydrogens (tertiary/aromatic N) is 2. The molecular weight excluding hydrogens is 765 g/mol. The summed E-state index contributed by atoms with van der Waals surface area (Å²) >= 11 is 0. The number of fused-ring (bicyclic) bond motifs is 1. The van der Waals surface area contributed by atoms with Crippen molar-refractivity contribution in [3.05, 3.63) is 156 Å². The van der Waals surface area contributed by atoms with Crippen molar-refractivity contribution < 1.29 is 24.5 Å². The summed E-state index contributed by atoms with van der Waals surface area (Å²) in [4.78, 5) is 8.92. The van der Waals surface area contributed by atoms with Crippen molar-refractivity contribution >= 4 is 11.0 Å². The van der Waals surface area contributed by atoms with Crippen LogP contribution in [0.15, 0.2) is 126 Å². The molecule has 3 aromatic heterocycles. The molecule has 0 amide bonds. The van der Waals surface area contributed by atoms with Crippen LogP contribution in [0.2, 0.25) is 0 Å². The third-order valence-electron chi connectivity index (χ3n) is 8.16. The van der Waals surface area contributed by atoms with Crippen LogP contribution in [0.1, 0.15) is 43.2 Å². The van der Waals surface area contributed by atoms with E-state index in [9.17, 15) is 0 Å². The zero-order valence-electron chi connectivity index (χ0n) is 28.4. The van der Waals surface area contributed by atoms with E-state index in [1.54, 1.807) is 0 Å². The number of rotatable bonds is 5. The number of pyridine rings is 2. The first-order valence-corrected chi connectivity index (χ1v) is 16.1. The molecule has 0 N–H and O–H groups in total. The second-order valence-electron chi connectivity index (χ2n) is 13.4. The van der Waals surface area contributed by atoms with E-state index < -0.39 is 0 Å². The Morgan fingerprint density at radius 1 is 0.667 bits per heavy atom. The van der Waals surface area contributed by atoms with Gasteiger partial charge in [0.2, 0.25) is 0 Å². The number of aryl methyl sites for hydroxylation is 3. The topological polar surface area (TPSA) is 38.9 Å². The number of hydrogen-bond acceptors (Lipinski definition) is 3. The normalized spacial score (nSPS) is 11.0. The van der Waals surface area contributed by atoms with E-state index in [1.807, 2.05) is 55.7 Å². The first kappa shape index (κ1) is 34.7. The molecule has 0 aliphatic heterocycles. The molecule has 0 aliphatic rings. The van der Waals surface area contributed by atoms with Crippen LogP contribution in [0.4, 0.5) is 0 Å². The third kappa shape index (κ3) is 8.26. The van der Waals surface area contributed by atoms with Crippen molar-refractivity contribution in [2.75, 3.05) is 0 Å². The zero-order valence-corrected chi connectivity index (χ0v) is 30.8. The summed E-state index contributed by atoms with van der Waals surface area (Å²) in [7, 11) is 0. The van der Waals surface area contributed by atoms with Gasteiger partial charge in [0.1, 0.15) is 11.3 Å². The number of furan rings is 1. The summed E-state index contributed by atoms with van der Waals surface area (Å²) in [6.45, 7) is 13.0. The molecule has 0 aliphatic carbocycles. The van der Waals surface area contributed by atoms with Gasteiger partial charge in [-0.15, -0.1) is 59.7 Å². The minimum absolute atomic E-state index is 0. The monoisotopic (exact) mass is 805 g/mol. The van der Waals surface area contributed by atoms with Gasteiger partial charge in [0.05, 0.1) is 0 Å². The summed E-state index contributed by atoms with van der Waals surface area (Å²) in [6, 6.07) is 44.1. The number of hydrogen-bond donors (Lipinski definition) is 0. The van der Waals surface area contributed by atoms with Gasteiger partial charge in [-0.25, -0.2) is 0 Å². The fraction of sp³-hybridized carbons (Fsp3) is 0.182. The van der Waals surface area contributed by atoms with Crippen molar-refractivity contribution in [2.45, 2.75) is 48.0 Å². The quantitative estimate of drug-likeness (QED) is 0.163. The number of benzene rings is 4. The maximum Gasteiger partial charge on any atom is 0.134 e. The molecule has 7 aromatic rings. The van der Waals surface area contributed by atoms with Gasteiger partial charge in [0.15, 0.2) is 0 Å². The zero-order chi connectivity index (χ0) is 33.0. The van der Waals surface area contributed by atoms with Crippen molar-refractivity contribution in [1.29, 1.82) is 0 Å². The van der Waals surface area contributed by atoms with Crippen molar-refractivity contribution in [2.24, 2.45) is 5.41 Å². The van der Waals surface area contributed by atoms with Crippen molar-refractivity contribution in [3.63, 3.8) is 0 Å². The fourth-order valence-corrected chi connectivity index (χ4v) is 5.69. The Balaban J connectivity index is 0.000000270. The molecule has 0 bridgehead atoms. The largest absolute Gasteiger partial charge is 0.461 e. The van der Waals surface area contributed by atoms with E-state index in [0.29, 0.717) is 0 Å². The molecule has 0 fully saturated rings. The van der Waals surface area contributed by atoms with Crippen molar-refractivity contribution in [1.82, 2.24) is 9.97 Å². The summed E-state index contributed by atoms with van der Waals surface area (Å²) in [5.74, 6) is 1.08. The van der Waals surface area contributed by atoms with Crippen LogP contribution < -0.4 is 0 Å². The Labute approximate surface area is 298 Å². The van der Waals surface area contributed by atoms with E-state index >= 15 is 0 Å². The van der Waals surface area contributed by atoms with Crippen LogP contribution in [0.25, 0.3) is 55.7 Å². The predicted molar refractivity (Wildman–Crippen MR) is 195 cm³/mol. The molecule has 4 aromatic carbocycles. The van der Waals surface area contributed by atoms with Crippen LogP contribution in [0.3, 0.4) is 0 Å². The van der Waals surface area contributed by atoms with E-state index in [-0.39, 0.29) is 25.5 Å². The van der Waals surface area contributed by atoms with E-state index in [1.165, 1.54) is 38.8 Å². The SMILES string of the molecule is Cc1ccc(-c2[c-]cccc2)nc1.Cc1ccnc(-c2[c-]cc(-c3ccccc3)c(-c3ccc4oc(CC(C)(C)C)c(C)c4c3)c2)c1.[Ir]. The maximum atomic E-state index is 6.27. The average Bonchev–Trinajstić information content (AvgIpc) is 3.38. The van der Waals surface area contributed by atoms with Gasteiger partial charge >= 0.3 is 0 Å². The summed E-state index contributed by atoms with van der Waals surface area (Å²) in [6.07, 6.45) is 4.65. The Morgan fingerprint density at radius 2 is 1.46 bits per heavy atom. The van der Waals surface area contributed by atoms with Gasteiger partial charge in [-0.05, 0) is 72.5 Å².